The molecule has 1 aromatic carbocycles. The zero-order chi connectivity index (χ0) is 12.1. The molecule has 1 fully saturated rings. The fraction of sp³-hybridized carbons (Fsp3) is 0.600. The summed E-state index contributed by atoms with van der Waals surface area (Å²) in [5, 5.41) is 12.8. The molecule has 0 spiro atoms. The first-order valence-electron chi connectivity index (χ1n) is 6.72. The van der Waals surface area contributed by atoms with Crippen LogP contribution in [0.3, 0.4) is 0 Å². The molecule has 0 bridgehead atoms. The topological polar surface area (TPSA) is 32.3 Å². The minimum absolute atomic E-state index is 0.386. The third-order valence-corrected chi connectivity index (χ3v) is 3.94. The Morgan fingerprint density at radius 1 is 1.35 bits per heavy atom. The lowest BCUT2D eigenvalue weighted by Crippen LogP contribution is -2.26. The Bertz CT molecular complexity index is 345. The van der Waals surface area contributed by atoms with E-state index in [1.54, 1.807) is 6.07 Å². The number of phenols is 1. The highest BCUT2D eigenvalue weighted by atomic mass is 16.3. The molecule has 2 nitrogen and oxygen atoms in total. The zero-order valence-corrected chi connectivity index (χ0v) is 10.7. The van der Waals surface area contributed by atoms with Gasteiger partial charge in [0.2, 0.25) is 0 Å². The van der Waals surface area contributed by atoms with E-state index in [0.29, 0.717) is 11.7 Å². The van der Waals surface area contributed by atoms with Crippen LogP contribution in [0.5, 0.6) is 5.75 Å². The molecule has 1 aliphatic carbocycles. The Hall–Kier alpha value is -1.02. The predicted octanol–water partition coefficient (Wildman–Crippen LogP) is 2.96. The predicted molar refractivity (Wildman–Crippen MR) is 71.2 cm³/mol. The normalized spacial score (nSPS) is 18.4. The monoisotopic (exact) mass is 233 g/mol. The molecule has 0 aromatic heterocycles. The highest BCUT2D eigenvalue weighted by Gasteiger charge is 2.24. The van der Waals surface area contributed by atoms with Crippen LogP contribution in [0.25, 0.3) is 0 Å². The van der Waals surface area contributed by atoms with Gasteiger partial charge in [-0.25, -0.2) is 0 Å². The van der Waals surface area contributed by atoms with Crippen molar-refractivity contribution < 1.29 is 5.11 Å². The van der Waals surface area contributed by atoms with Gasteiger partial charge in [0.05, 0.1) is 0 Å². The standard InChI is InChI=1S/C15H23NO/c1-16-11-14(13-6-2-3-7-13)9-12-5-4-8-15(17)10-12/h4-5,8,10,13-14,16-17H,2-3,6-7,9,11H2,1H3. The summed E-state index contributed by atoms with van der Waals surface area (Å²) in [5.74, 6) is 1.96. The number of nitrogens with one attached hydrogen (secondary N) is 1. The van der Waals surface area contributed by atoms with E-state index in [1.165, 1.54) is 31.2 Å². The van der Waals surface area contributed by atoms with E-state index in [2.05, 4.69) is 11.4 Å². The van der Waals surface area contributed by atoms with Gasteiger partial charge in [-0.1, -0.05) is 37.8 Å². The molecule has 0 aliphatic heterocycles. The van der Waals surface area contributed by atoms with Gasteiger partial charge in [-0.3, -0.25) is 0 Å². The van der Waals surface area contributed by atoms with Gasteiger partial charge in [0.15, 0.2) is 0 Å². The minimum atomic E-state index is 0.386. The summed E-state index contributed by atoms with van der Waals surface area (Å²) in [6, 6.07) is 7.71. The minimum Gasteiger partial charge on any atom is -0.508 e. The number of phenolic OH excluding ortho intramolecular Hbond substituents is 1. The van der Waals surface area contributed by atoms with Gasteiger partial charge < -0.3 is 10.4 Å². The maximum atomic E-state index is 9.51. The van der Waals surface area contributed by atoms with Crippen molar-refractivity contribution in [3.05, 3.63) is 29.8 Å². The Kier molecular flexibility index (Phi) is 4.43. The van der Waals surface area contributed by atoms with Crippen molar-refractivity contribution in [3.8, 4) is 5.75 Å². The summed E-state index contributed by atoms with van der Waals surface area (Å²) >= 11 is 0. The molecule has 17 heavy (non-hydrogen) atoms. The third-order valence-electron chi connectivity index (χ3n) is 3.94. The molecule has 0 amide bonds. The van der Waals surface area contributed by atoms with Crippen molar-refractivity contribution in [2.75, 3.05) is 13.6 Å². The molecule has 0 heterocycles. The summed E-state index contributed by atoms with van der Waals surface area (Å²) < 4.78 is 0. The number of hydrogen-bond donors (Lipinski definition) is 2. The van der Waals surface area contributed by atoms with Crippen LogP contribution in [0.1, 0.15) is 31.2 Å². The van der Waals surface area contributed by atoms with Crippen molar-refractivity contribution in [2.45, 2.75) is 32.1 Å². The first kappa shape index (κ1) is 12.4. The van der Waals surface area contributed by atoms with Crippen LogP contribution in [0.15, 0.2) is 24.3 Å². The number of rotatable bonds is 5. The Labute approximate surface area is 104 Å². The van der Waals surface area contributed by atoms with E-state index in [9.17, 15) is 5.11 Å². The van der Waals surface area contributed by atoms with Gasteiger partial charge >= 0.3 is 0 Å². The molecule has 2 N–H and O–H groups in total. The van der Waals surface area contributed by atoms with Gasteiger partial charge in [-0.05, 0) is 49.5 Å². The Morgan fingerprint density at radius 2 is 2.12 bits per heavy atom. The number of aromatic hydroxyl groups is 1. The second kappa shape index (κ2) is 6.06. The molecule has 1 aromatic rings. The van der Waals surface area contributed by atoms with Gasteiger partial charge in [-0.15, -0.1) is 0 Å². The molecule has 94 valence electrons. The Morgan fingerprint density at radius 3 is 2.76 bits per heavy atom. The second-order valence-electron chi connectivity index (χ2n) is 5.24. The van der Waals surface area contributed by atoms with Gasteiger partial charge in [0.1, 0.15) is 5.75 Å². The van der Waals surface area contributed by atoms with Gasteiger partial charge in [0.25, 0.3) is 0 Å². The smallest absolute Gasteiger partial charge is 0.115 e. The highest BCUT2D eigenvalue weighted by molar-refractivity contribution is 5.27. The molecule has 2 rings (SSSR count). The van der Waals surface area contributed by atoms with Crippen LogP contribution < -0.4 is 5.32 Å². The van der Waals surface area contributed by atoms with Crippen molar-refractivity contribution in [3.63, 3.8) is 0 Å². The molecular formula is C15H23NO. The number of benzene rings is 1. The fourth-order valence-electron chi connectivity index (χ4n) is 3.08. The second-order valence-corrected chi connectivity index (χ2v) is 5.24. The van der Waals surface area contributed by atoms with Crippen LogP contribution in [0, 0.1) is 11.8 Å². The molecule has 1 aliphatic rings. The largest absolute Gasteiger partial charge is 0.508 e. The van der Waals surface area contributed by atoms with Crippen LogP contribution in [-0.4, -0.2) is 18.7 Å². The van der Waals surface area contributed by atoms with Crippen LogP contribution in [0.4, 0.5) is 0 Å². The van der Waals surface area contributed by atoms with E-state index in [1.807, 2.05) is 19.2 Å². The van der Waals surface area contributed by atoms with Gasteiger partial charge in [-0.2, -0.15) is 0 Å². The maximum absolute atomic E-state index is 9.51. The first-order valence-corrected chi connectivity index (χ1v) is 6.72. The number of hydrogen-bond acceptors (Lipinski definition) is 2. The molecule has 0 radical (unpaired) electrons. The average Bonchev–Trinajstić information content (AvgIpc) is 2.82. The molecule has 0 saturated heterocycles. The summed E-state index contributed by atoms with van der Waals surface area (Å²) in [4.78, 5) is 0. The quantitative estimate of drug-likeness (QED) is 0.819. The molecule has 1 atom stereocenters. The first-order chi connectivity index (χ1) is 8.29. The Balaban J connectivity index is 2.01. The zero-order valence-electron chi connectivity index (χ0n) is 10.7. The fourth-order valence-corrected chi connectivity index (χ4v) is 3.08. The molecule has 2 heteroatoms. The summed E-state index contributed by atoms with van der Waals surface area (Å²) in [5.41, 5.74) is 1.26. The lowest BCUT2D eigenvalue weighted by molar-refractivity contribution is 0.328. The summed E-state index contributed by atoms with van der Waals surface area (Å²) in [6.07, 6.45) is 6.63. The molecule has 1 saturated carbocycles. The summed E-state index contributed by atoms with van der Waals surface area (Å²) in [7, 11) is 2.03. The SMILES string of the molecule is CNCC(Cc1cccc(O)c1)C1CCCC1. The lowest BCUT2D eigenvalue weighted by Gasteiger charge is -2.23. The van der Waals surface area contributed by atoms with E-state index in [-0.39, 0.29) is 0 Å². The van der Waals surface area contributed by atoms with E-state index in [0.717, 1.165) is 18.9 Å². The highest BCUT2D eigenvalue weighted by Crippen LogP contribution is 2.33. The van der Waals surface area contributed by atoms with Crippen molar-refractivity contribution in [2.24, 2.45) is 11.8 Å². The van der Waals surface area contributed by atoms with E-state index >= 15 is 0 Å². The van der Waals surface area contributed by atoms with Crippen molar-refractivity contribution in [1.82, 2.24) is 5.32 Å². The van der Waals surface area contributed by atoms with Gasteiger partial charge in [0, 0.05) is 0 Å². The summed E-state index contributed by atoms with van der Waals surface area (Å²) in [6.45, 7) is 1.08. The maximum Gasteiger partial charge on any atom is 0.115 e. The van der Waals surface area contributed by atoms with Crippen molar-refractivity contribution >= 4 is 0 Å². The molecular weight excluding hydrogens is 210 g/mol. The van der Waals surface area contributed by atoms with E-state index in [4.69, 9.17) is 0 Å². The molecule has 1 unspecified atom stereocenters. The average molecular weight is 233 g/mol. The van der Waals surface area contributed by atoms with Crippen LogP contribution >= 0.6 is 0 Å². The van der Waals surface area contributed by atoms with Crippen LogP contribution in [0.2, 0.25) is 0 Å². The lowest BCUT2D eigenvalue weighted by atomic mass is 9.85. The van der Waals surface area contributed by atoms with Crippen LogP contribution in [-0.2, 0) is 6.42 Å². The van der Waals surface area contributed by atoms with Crippen molar-refractivity contribution in [1.29, 1.82) is 0 Å². The third kappa shape index (κ3) is 3.47. The van der Waals surface area contributed by atoms with E-state index < -0.39 is 0 Å².